The molecule has 0 heterocycles. The third-order valence-corrected chi connectivity index (χ3v) is 3.03. The molecule has 0 bridgehead atoms. The van der Waals surface area contributed by atoms with Crippen LogP contribution in [0.5, 0.6) is 0 Å². The minimum atomic E-state index is -1.44. The van der Waals surface area contributed by atoms with Crippen LogP contribution in [0.4, 0.5) is 0 Å². The molecular formula is C13H17NO4. The van der Waals surface area contributed by atoms with Crippen LogP contribution in [-0.4, -0.2) is 28.0 Å². The van der Waals surface area contributed by atoms with Gasteiger partial charge in [-0.05, 0) is 13.0 Å². The molecule has 0 aromatic rings. The highest BCUT2D eigenvalue weighted by atomic mass is 16.6. The summed E-state index contributed by atoms with van der Waals surface area (Å²) in [7, 11) is 0. The summed E-state index contributed by atoms with van der Waals surface area (Å²) in [6.07, 6.45) is 7.55. The van der Waals surface area contributed by atoms with Gasteiger partial charge in [-0.2, -0.15) is 0 Å². The summed E-state index contributed by atoms with van der Waals surface area (Å²) in [6, 6.07) is 0. The van der Waals surface area contributed by atoms with Crippen molar-refractivity contribution in [1.82, 2.24) is 0 Å². The molecule has 2 atom stereocenters. The summed E-state index contributed by atoms with van der Waals surface area (Å²) in [5.74, 6) is -0.241. The summed E-state index contributed by atoms with van der Waals surface area (Å²) in [4.78, 5) is 22.1. The Morgan fingerprint density at radius 2 is 2.00 bits per heavy atom. The van der Waals surface area contributed by atoms with Gasteiger partial charge >= 0.3 is 0 Å². The first kappa shape index (κ1) is 14.3. The molecule has 1 N–H and O–H groups in total. The lowest BCUT2D eigenvalue weighted by molar-refractivity contribution is -0.535. The number of Topliss-reactive ketones (excluding diaryl/α,β-unsaturated/α-hetero) is 1. The fourth-order valence-corrected chi connectivity index (χ4v) is 1.54. The summed E-state index contributed by atoms with van der Waals surface area (Å²) in [5.41, 5.74) is -1.87. The molecule has 1 aliphatic carbocycles. The van der Waals surface area contributed by atoms with Crippen LogP contribution in [0.1, 0.15) is 20.8 Å². The van der Waals surface area contributed by atoms with Crippen molar-refractivity contribution >= 4 is 5.78 Å². The largest absolute Gasteiger partial charge is 0.395 e. The Balaban J connectivity index is 3.40. The maximum absolute atomic E-state index is 11.4. The Morgan fingerprint density at radius 1 is 1.39 bits per heavy atom. The fraction of sp³-hybridized carbons (Fsp3) is 0.462. The van der Waals surface area contributed by atoms with Crippen molar-refractivity contribution in [3.05, 3.63) is 46.1 Å². The van der Waals surface area contributed by atoms with E-state index in [4.69, 9.17) is 0 Å². The van der Waals surface area contributed by atoms with E-state index in [1.807, 2.05) is 0 Å². The van der Waals surface area contributed by atoms with Gasteiger partial charge in [0, 0.05) is 28.9 Å². The quantitative estimate of drug-likeness (QED) is 0.470. The van der Waals surface area contributed by atoms with Gasteiger partial charge in [0.25, 0.3) is 5.54 Å². The van der Waals surface area contributed by atoms with E-state index in [1.54, 1.807) is 19.1 Å². The highest BCUT2D eigenvalue weighted by molar-refractivity contribution is 5.96. The number of carbonyl (C=O) groups is 1. The fourth-order valence-electron chi connectivity index (χ4n) is 1.54. The van der Waals surface area contributed by atoms with Crippen LogP contribution in [0.2, 0.25) is 0 Å². The normalized spacial score (nSPS) is 37.9. The molecule has 5 heteroatoms. The standard InChI is InChI=1S/C13H17NO4/c1-10(16)11-4-5-12(2,9-15)6-7-13(3,8-11)14(17)18/h4-8,15H,9H2,1-3H3/b5-4-,7-6-,11-8+. The number of nitrogens with zero attached hydrogens (tertiary/aromatic N) is 1. The van der Waals surface area contributed by atoms with Gasteiger partial charge in [-0.1, -0.05) is 25.2 Å². The van der Waals surface area contributed by atoms with Gasteiger partial charge in [0.05, 0.1) is 6.61 Å². The Hall–Kier alpha value is -1.75. The maximum atomic E-state index is 11.4. The number of carbonyl (C=O) groups excluding carboxylic acids is 1. The van der Waals surface area contributed by atoms with Gasteiger partial charge in [-0.3, -0.25) is 14.9 Å². The monoisotopic (exact) mass is 251 g/mol. The van der Waals surface area contributed by atoms with Gasteiger partial charge in [0.2, 0.25) is 0 Å². The number of allylic oxidation sites excluding steroid dienone is 2. The molecule has 0 saturated heterocycles. The number of aliphatic hydroxyl groups is 1. The van der Waals surface area contributed by atoms with E-state index >= 15 is 0 Å². The third kappa shape index (κ3) is 2.92. The molecular weight excluding hydrogens is 234 g/mol. The molecule has 0 amide bonds. The van der Waals surface area contributed by atoms with E-state index < -0.39 is 15.9 Å². The molecule has 0 radical (unpaired) electrons. The van der Waals surface area contributed by atoms with Crippen LogP contribution < -0.4 is 0 Å². The predicted octanol–water partition coefficient (Wildman–Crippen LogP) is 1.66. The molecule has 5 nitrogen and oxygen atoms in total. The second-order valence-corrected chi connectivity index (χ2v) is 4.97. The first-order chi connectivity index (χ1) is 8.22. The average molecular weight is 251 g/mol. The van der Waals surface area contributed by atoms with Gasteiger partial charge in [-0.15, -0.1) is 0 Å². The van der Waals surface area contributed by atoms with Gasteiger partial charge in [0.15, 0.2) is 5.78 Å². The van der Waals surface area contributed by atoms with E-state index in [9.17, 15) is 20.0 Å². The Morgan fingerprint density at radius 3 is 2.44 bits per heavy atom. The second kappa shape index (κ2) is 4.86. The zero-order chi connectivity index (χ0) is 14.0. The number of ketones is 1. The Bertz CT molecular complexity index is 464. The Labute approximate surface area is 106 Å². The molecule has 0 spiro atoms. The number of hydrogen-bond donors (Lipinski definition) is 1. The lowest BCUT2D eigenvalue weighted by Crippen LogP contribution is -2.32. The number of rotatable bonds is 3. The highest BCUT2D eigenvalue weighted by Gasteiger charge is 2.34. The summed E-state index contributed by atoms with van der Waals surface area (Å²) in [5, 5.41) is 20.4. The van der Waals surface area contributed by atoms with E-state index in [0.29, 0.717) is 0 Å². The Kier molecular flexibility index (Phi) is 3.86. The maximum Gasteiger partial charge on any atom is 0.256 e. The SMILES string of the molecule is CC(=O)C1=C/C(C)([N+](=O)[O-])/C=C\C(C)(CO)/C=C\1. The first-order valence-corrected chi connectivity index (χ1v) is 5.61. The minimum absolute atomic E-state index is 0.182. The van der Waals surface area contributed by atoms with Gasteiger partial charge < -0.3 is 5.11 Å². The molecule has 0 fully saturated rings. The van der Waals surface area contributed by atoms with Crippen molar-refractivity contribution in [2.45, 2.75) is 26.3 Å². The molecule has 98 valence electrons. The van der Waals surface area contributed by atoms with Crippen LogP contribution in [0.25, 0.3) is 0 Å². The first-order valence-electron chi connectivity index (χ1n) is 5.61. The lowest BCUT2D eigenvalue weighted by atomic mass is 9.84. The molecule has 2 unspecified atom stereocenters. The van der Waals surface area contributed by atoms with Crippen LogP contribution in [0, 0.1) is 15.5 Å². The predicted molar refractivity (Wildman–Crippen MR) is 67.6 cm³/mol. The molecule has 0 aromatic heterocycles. The van der Waals surface area contributed by atoms with E-state index in [2.05, 4.69) is 0 Å². The number of hydrogen-bond acceptors (Lipinski definition) is 4. The van der Waals surface area contributed by atoms with Crippen molar-refractivity contribution in [2.24, 2.45) is 5.41 Å². The zero-order valence-corrected chi connectivity index (χ0v) is 10.7. The molecule has 1 aliphatic rings. The van der Waals surface area contributed by atoms with Crippen LogP contribution in [-0.2, 0) is 4.79 Å². The van der Waals surface area contributed by atoms with Crippen molar-refractivity contribution < 1.29 is 14.8 Å². The second-order valence-electron chi connectivity index (χ2n) is 4.97. The molecule has 18 heavy (non-hydrogen) atoms. The van der Waals surface area contributed by atoms with E-state index in [0.717, 1.165) is 0 Å². The van der Waals surface area contributed by atoms with Crippen molar-refractivity contribution in [3.63, 3.8) is 0 Å². The van der Waals surface area contributed by atoms with E-state index in [1.165, 1.54) is 32.1 Å². The molecule has 0 aliphatic heterocycles. The molecule has 1 rings (SSSR count). The topological polar surface area (TPSA) is 80.4 Å². The van der Waals surface area contributed by atoms with E-state index in [-0.39, 0.29) is 18.0 Å². The third-order valence-electron chi connectivity index (χ3n) is 3.03. The number of nitro groups is 1. The lowest BCUT2D eigenvalue weighted by Gasteiger charge is -2.23. The van der Waals surface area contributed by atoms with Crippen LogP contribution in [0.3, 0.4) is 0 Å². The van der Waals surface area contributed by atoms with Crippen molar-refractivity contribution in [1.29, 1.82) is 0 Å². The summed E-state index contributed by atoms with van der Waals surface area (Å²) in [6.45, 7) is 4.34. The van der Waals surface area contributed by atoms with Gasteiger partial charge in [0.1, 0.15) is 0 Å². The summed E-state index contributed by atoms with van der Waals surface area (Å²) >= 11 is 0. The molecule has 0 aromatic carbocycles. The average Bonchev–Trinajstić information content (AvgIpc) is 2.29. The summed E-state index contributed by atoms with van der Waals surface area (Å²) < 4.78 is 0. The number of aliphatic hydroxyl groups excluding tert-OH is 1. The zero-order valence-electron chi connectivity index (χ0n) is 10.7. The smallest absolute Gasteiger partial charge is 0.256 e. The highest BCUT2D eigenvalue weighted by Crippen LogP contribution is 2.27. The van der Waals surface area contributed by atoms with Crippen molar-refractivity contribution in [3.8, 4) is 0 Å². The van der Waals surface area contributed by atoms with Crippen LogP contribution >= 0.6 is 0 Å². The van der Waals surface area contributed by atoms with Crippen LogP contribution in [0.15, 0.2) is 36.0 Å². The van der Waals surface area contributed by atoms with Gasteiger partial charge in [-0.25, -0.2) is 0 Å². The van der Waals surface area contributed by atoms with Crippen molar-refractivity contribution in [2.75, 3.05) is 6.61 Å². The minimum Gasteiger partial charge on any atom is -0.395 e. The molecule has 0 saturated carbocycles.